The van der Waals surface area contributed by atoms with Gasteiger partial charge in [-0.25, -0.2) is 0 Å². The van der Waals surface area contributed by atoms with Crippen LogP contribution >= 0.6 is 0 Å². The largest absolute Gasteiger partial charge is 0.488 e. The van der Waals surface area contributed by atoms with Crippen molar-refractivity contribution < 1.29 is 9.84 Å². The number of anilines is 1. The molecule has 0 aliphatic rings. The standard InChI is InChI=1S/C20H27N5O2/c1-13-5-4-6-14(2)18(13)22-10-9-21-11-16(26)12-27-17-8-7-15(3)19-20(17)24-25-23-19/h4-8,16,21-22,26H,9-12H2,1-3H3,(H,23,24,25). The second-order valence-electron chi connectivity index (χ2n) is 6.78. The van der Waals surface area contributed by atoms with Crippen LogP contribution in [0.15, 0.2) is 30.3 Å². The predicted molar refractivity (Wildman–Crippen MR) is 107 cm³/mol. The van der Waals surface area contributed by atoms with Gasteiger partial charge in [-0.05, 0) is 43.5 Å². The van der Waals surface area contributed by atoms with Gasteiger partial charge in [-0.1, -0.05) is 29.5 Å². The van der Waals surface area contributed by atoms with E-state index < -0.39 is 6.10 Å². The summed E-state index contributed by atoms with van der Waals surface area (Å²) in [6.07, 6.45) is -0.603. The van der Waals surface area contributed by atoms with Crippen LogP contribution in [0.3, 0.4) is 0 Å². The Kier molecular flexibility index (Phi) is 6.26. The number of nitrogens with one attached hydrogen (secondary N) is 3. The Bertz CT molecular complexity index is 873. The van der Waals surface area contributed by atoms with Gasteiger partial charge >= 0.3 is 0 Å². The number of nitrogens with zero attached hydrogens (tertiary/aromatic N) is 2. The van der Waals surface area contributed by atoms with Crippen molar-refractivity contribution in [2.75, 3.05) is 31.6 Å². The molecule has 0 saturated heterocycles. The number of fused-ring (bicyclic) bond motifs is 1. The summed E-state index contributed by atoms with van der Waals surface area (Å²) in [5.41, 5.74) is 6.26. The van der Waals surface area contributed by atoms with Crippen molar-refractivity contribution in [1.29, 1.82) is 0 Å². The van der Waals surface area contributed by atoms with Gasteiger partial charge in [0.25, 0.3) is 0 Å². The van der Waals surface area contributed by atoms with Crippen LogP contribution in [0, 0.1) is 20.8 Å². The summed E-state index contributed by atoms with van der Waals surface area (Å²) in [6.45, 7) is 8.38. The van der Waals surface area contributed by atoms with E-state index in [1.165, 1.54) is 16.8 Å². The molecule has 3 rings (SSSR count). The number of aliphatic hydroxyl groups excluding tert-OH is 1. The highest BCUT2D eigenvalue weighted by Gasteiger charge is 2.11. The van der Waals surface area contributed by atoms with Gasteiger partial charge in [0.05, 0.1) is 5.52 Å². The highest BCUT2D eigenvalue weighted by atomic mass is 16.5. The van der Waals surface area contributed by atoms with E-state index in [0.717, 1.165) is 24.2 Å². The van der Waals surface area contributed by atoms with Crippen molar-refractivity contribution in [2.45, 2.75) is 26.9 Å². The number of H-pyrrole nitrogens is 1. The Hall–Kier alpha value is -2.64. The first-order chi connectivity index (χ1) is 13.1. The van der Waals surface area contributed by atoms with Crippen molar-refractivity contribution in [3.05, 3.63) is 47.0 Å². The molecule has 0 amide bonds. The third kappa shape index (κ3) is 4.75. The molecule has 0 saturated carbocycles. The summed E-state index contributed by atoms with van der Waals surface area (Å²) < 4.78 is 5.72. The minimum atomic E-state index is -0.603. The Morgan fingerprint density at radius 3 is 2.63 bits per heavy atom. The summed E-state index contributed by atoms with van der Waals surface area (Å²) in [5.74, 6) is 0.625. The van der Waals surface area contributed by atoms with E-state index in [1.54, 1.807) is 0 Å². The molecule has 0 aliphatic heterocycles. The van der Waals surface area contributed by atoms with Gasteiger partial charge in [0.15, 0.2) is 5.52 Å². The highest BCUT2D eigenvalue weighted by Crippen LogP contribution is 2.24. The number of benzene rings is 2. The van der Waals surface area contributed by atoms with Crippen LogP contribution < -0.4 is 15.4 Å². The SMILES string of the molecule is Cc1cccc(C)c1NCCNCC(O)COc1ccc(C)c2[nH]nnc12. The molecule has 0 bridgehead atoms. The van der Waals surface area contributed by atoms with Crippen LogP contribution in [0.4, 0.5) is 5.69 Å². The average Bonchev–Trinajstić information content (AvgIpc) is 3.14. The molecule has 1 unspecified atom stereocenters. The lowest BCUT2D eigenvalue weighted by Gasteiger charge is -2.15. The quantitative estimate of drug-likeness (QED) is 0.433. The molecule has 0 fully saturated rings. The van der Waals surface area contributed by atoms with E-state index in [0.29, 0.717) is 17.8 Å². The van der Waals surface area contributed by atoms with Crippen molar-refractivity contribution in [1.82, 2.24) is 20.7 Å². The Morgan fingerprint density at radius 2 is 1.85 bits per heavy atom. The highest BCUT2D eigenvalue weighted by molar-refractivity contribution is 5.83. The molecule has 7 nitrogen and oxygen atoms in total. The molecule has 1 heterocycles. The molecule has 144 valence electrons. The first-order valence-electron chi connectivity index (χ1n) is 9.18. The van der Waals surface area contributed by atoms with Crippen molar-refractivity contribution in [3.8, 4) is 5.75 Å². The summed E-state index contributed by atoms with van der Waals surface area (Å²) in [4.78, 5) is 0. The molecule has 3 aromatic rings. The average molecular weight is 369 g/mol. The van der Waals surface area contributed by atoms with Gasteiger partial charge in [-0.3, -0.25) is 5.10 Å². The summed E-state index contributed by atoms with van der Waals surface area (Å²) in [7, 11) is 0. The third-order valence-corrected chi connectivity index (χ3v) is 4.56. The molecular formula is C20H27N5O2. The normalized spacial score (nSPS) is 12.3. The second-order valence-corrected chi connectivity index (χ2v) is 6.78. The Morgan fingerprint density at radius 1 is 1.07 bits per heavy atom. The third-order valence-electron chi connectivity index (χ3n) is 4.56. The van der Waals surface area contributed by atoms with Crippen molar-refractivity contribution in [2.24, 2.45) is 0 Å². The van der Waals surface area contributed by atoms with E-state index in [2.05, 4.69) is 58.1 Å². The van der Waals surface area contributed by atoms with Crippen LogP contribution in [0.25, 0.3) is 11.0 Å². The lowest BCUT2D eigenvalue weighted by molar-refractivity contribution is 0.107. The molecule has 2 aromatic carbocycles. The fourth-order valence-corrected chi connectivity index (χ4v) is 3.04. The van der Waals surface area contributed by atoms with Crippen molar-refractivity contribution in [3.63, 3.8) is 0 Å². The van der Waals surface area contributed by atoms with Gasteiger partial charge in [-0.2, -0.15) is 0 Å². The van der Waals surface area contributed by atoms with Crippen LogP contribution in [-0.2, 0) is 0 Å². The number of aromatic nitrogens is 3. The molecule has 1 atom stereocenters. The molecule has 0 spiro atoms. The number of aliphatic hydroxyl groups is 1. The maximum Gasteiger partial charge on any atom is 0.155 e. The van der Waals surface area contributed by atoms with Gasteiger partial charge in [0.1, 0.15) is 18.5 Å². The zero-order chi connectivity index (χ0) is 19.2. The van der Waals surface area contributed by atoms with Crippen LogP contribution in [0.5, 0.6) is 5.75 Å². The lowest BCUT2D eigenvalue weighted by atomic mass is 10.1. The smallest absolute Gasteiger partial charge is 0.155 e. The summed E-state index contributed by atoms with van der Waals surface area (Å²) in [5, 5.41) is 27.6. The molecule has 0 aliphatic carbocycles. The number of hydrogen-bond acceptors (Lipinski definition) is 6. The number of hydrogen-bond donors (Lipinski definition) is 4. The maximum absolute atomic E-state index is 10.1. The minimum Gasteiger partial charge on any atom is -0.488 e. The van der Waals surface area contributed by atoms with E-state index in [-0.39, 0.29) is 6.61 Å². The van der Waals surface area contributed by atoms with Gasteiger partial charge < -0.3 is 20.5 Å². The second kappa shape index (κ2) is 8.83. The molecule has 7 heteroatoms. The van der Waals surface area contributed by atoms with Crippen LogP contribution in [0.2, 0.25) is 0 Å². The topological polar surface area (TPSA) is 95.1 Å². The maximum atomic E-state index is 10.1. The van der Waals surface area contributed by atoms with Gasteiger partial charge in [0.2, 0.25) is 0 Å². The molecular weight excluding hydrogens is 342 g/mol. The molecule has 4 N–H and O–H groups in total. The first-order valence-corrected chi connectivity index (χ1v) is 9.18. The first kappa shape index (κ1) is 19.1. The van der Waals surface area contributed by atoms with Gasteiger partial charge in [-0.15, -0.1) is 5.10 Å². The van der Waals surface area contributed by atoms with E-state index >= 15 is 0 Å². The number of aryl methyl sites for hydroxylation is 3. The number of para-hydroxylation sites is 1. The summed E-state index contributed by atoms with van der Waals surface area (Å²) >= 11 is 0. The zero-order valence-corrected chi connectivity index (χ0v) is 16.0. The fourth-order valence-electron chi connectivity index (χ4n) is 3.04. The molecule has 1 aromatic heterocycles. The van der Waals surface area contributed by atoms with Crippen LogP contribution in [0.1, 0.15) is 16.7 Å². The predicted octanol–water partition coefficient (Wildman–Crippen LogP) is 2.32. The van der Waals surface area contributed by atoms with E-state index in [1.807, 2.05) is 19.1 Å². The molecule has 0 radical (unpaired) electrons. The number of rotatable bonds is 9. The Balaban J connectivity index is 1.39. The Labute approximate surface area is 159 Å². The zero-order valence-electron chi connectivity index (χ0n) is 16.0. The minimum absolute atomic E-state index is 0.197. The van der Waals surface area contributed by atoms with E-state index in [9.17, 15) is 5.11 Å². The fraction of sp³-hybridized carbons (Fsp3) is 0.400. The van der Waals surface area contributed by atoms with E-state index in [4.69, 9.17) is 4.74 Å². The number of ether oxygens (including phenoxy) is 1. The summed E-state index contributed by atoms with van der Waals surface area (Å²) in [6, 6.07) is 10.1. The monoisotopic (exact) mass is 369 g/mol. The van der Waals surface area contributed by atoms with Crippen molar-refractivity contribution >= 4 is 16.7 Å². The number of aromatic amines is 1. The van der Waals surface area contributed by atoms with Gasteiger partial charge in [0, 0.05) is 25.3 Å². The van der Waals surface area contributed by atoms with Crippen LogP contribution in [-0.4, -0.2) is 52.9 Å². The molecule has 27 heavy (non-hydrogen) atoms. The lowest BCUT2D eigenvalue weighted by Crippen LogP contribution is -2.34.